The fourth-order valence-electron chi connectivity index (χ4n) is 2.43. The summed E-state index contributed by atoms with van der Waals surface area (Å²) in [5, 5.41) is 16.7. The SMILES string of the molecule is COc1ccc([N+](=O)[O-])cc1NC(=O)[C@@H](C)Nc1ccc(C(C)C)cc1. The van der Waals surface area contributed by atoms with Crippen LogP contribution in [0.25, 0.3) is 0 Å². The number of rotatable bonds is 7. The molecule has 1 atom stereocenters. The van der Waals surface area contributed by atoms with Crippen LogP contribution in [0.5, 0.6) is 5.75 Å². The van der Waals surface area contributed by atoms with E-state index in [1.165, 1.54) is 30.9 Å². The molecule has 0 radical (unpaired) electrons. The van der Waals surface area contributed by atoms with E-state index in [1.54, 1.807) is 6.92 Å². The van der Waals surface area contributed by atoms with Gasteiger partial charge >= 0.3 is 0 Å². The Labute approximate surface area is 152 Å². The largest absolute Gasteiger partial charge is 0.495 e. The Bertz CT molecular complexity index is 788. The van der Waals surface area contributed by atoms with E-state index < -0.39 is 11.0 Å². The number of ether oxygens (including phenoxy) is 1. The van der Waals surface area contributed by atoms with Gasteiger partial charge in [-0.3, -0.25) is 14.9 Å². The molecule has 0 aliphatic heterocycles. The molecule has 2 rings (SSSR count). The van der Waals surface area contributed by atoms with Crippen LogP contribution in [0.3, 0.4) is 0 Å². The number of hydrogen-bond acceptors (Lipinski definition) is 5. The van der Waals surface area contributed by atoms with Crippen LogP contribution >= 0.6 is 0 Å². The van der Waals surface area contributed by atoms with E-state index in [4.69, 9.17) is 4.74 Å². The normalized spacial score (nSPS) is 11.7. The highest BCUT2D eigenvalue weighted by Gasteiger charge is 2.17. The Kier molecular flexibility index (Phi) is 6.16. The summed E-state index contributed by atoms with van der Waals surface area (Å²) in [4.78, 5) is 22.9. The van der Waals surface area contributed by atoms with E-state index in [-0.39, 0.29) is 17.3 Å². The Morgan fingerprint density at radius 2 is 1.77 bits per heavy atom. The summed E-state index contributed by atoms with van der Waals surface area (Å²) >= 11 is 0. The molecule has 7 nitrogen and oxygen atoms in total. The number of amides is 1. The third-order valence-corrected chi connectivity index (χ3v) is 4.01. The van der Waals surface area contributed by atoms with Crippen LogP contribution in [-0.2, 0) is 4.79 Å². The maximum Gasteiger partial charge on any atom is 0.271 e. The number of non-ortho nitro benzene ring substituents is 1. The minimum absolute atomic E-state index is 0.119. The molecule has 2 aromatic carbocycles. The first-order chi connectivity index (χ1) is 12.3. The number of hydrogen-bond donors (Lipinski definition) is 2. The molecule has 0 bridgehead atoms. The van der Waals surface area contributed by atoms with Gasteiger partial charge in [0.05, 0.1) is 17.7 Å². The standard InChI is InChI=1S/C19H23N3O4/c1-12(2)14-5-7-15(8-6-14)20-13(3)19(23)21-17-11-16(22(24)25)9-10-18(17)26-4/h5-13,20H,1-4H3,(H,21,23)/t13-/m1/s1. The van der Waals surface area contributed by atoms with Gasteiger partial charge in [-0.2, -0.15) is 0 Å². The average Bonchev–Trinajstić information content (AvgIpc) is 2.61. The lowest BCUT2D eigenvalue weighted by atomic mass is 10.0. The summed E-state index contributed by atoms with van der Waals surface area (Å²) in [6, 6.07) is 11.4. The smallest absolute Gasteiger partial charge is 0.271 e. The van der Waals surface area contributed by atoms with Gasteiger partial charge in [0.15, 0.2) is 0 Å². The predicted octanol–water partition coefficient (Wildman–Crippen LogP) is 4.17. The lowest BCUT2D eigenvalue weighted by Crippen LogP contribution is -2.32. The topological polar surface area (TPSA) is 93.5 Å². The van der Waals surface area contributed by atoms with Gasteiger partial charge in [-0.05, 0) is 36.6 Å². The number of nitrogens with zero attached hydrogens (tertiary/aromatic N) is 1. The zero-order valence-corrected chi connectivity index (χ0v) is 15.3. The van der Waals surface area contributed by atoms with Crippen molar-refractivity contribution in [2.75, 3.05) is 17.7 Å². The monoisotopic (exact) mass is 357 g/mol. The molecule has 26 heavy (non-hydrogen) atoms. The molecule has 138 valence electrons. The minimum Gasteiger partial charge on any atom is -0.495 e. The summed E-state index contributed by atoms with van der Waals surface area (Å²) in [7, 11) is 1.44. The van der Waals surface area contributed by atoms with Crippen molar-refractivity contribution in [3.8, 4) is 5.75 Å². The second-order valence-corrected chi connectivity index (χ2v) is 6.27. The molecule has 0 spiro atoms. The van der Waals surface area contributed by atoms with Crippen LogP contribution in [0, 0.1) is 10.1 Å². The van der Waals surface area contributed by atoms with Crippen LogP contribution in [0.1, 0.15) is 32.3 Å². The summed E-state index contributed by atoms with van der Waals surface area (Å²) in [5.41, 5.74) is 2.18. The molecule has 0 heterocycles. The van der Waals surface area contributed by atoms with Crippen LogP contribution in [0.15, 0.2) is 42.5 Å². The highest BCUT2D eigenvalue weighted by atomic mass is 16.6. The Hall–Kier alpha value is -3.09. The third-order valence-electron chi connectivity index (χ3n) is 4.01. The number of benzene rings is 2. The van der Waals surface area contributed by atoms with Crippen molar-refractivity contribution in [3.63, 3.8) is 0 Å². The van der Waals surface area contributed by atoms with Gasteiger partial charge in [0, 0.05) is 17.8 Å². The van der Waals surface area contributed by atoms with Crippen molar-refractivity contribution < 1.29 is 14.5 Å². The fraction of sp³-hybridized carbons (Fsp3) is 0.316. The first-order valence-electron chi connectivity index (χ1n) is 8.31. The number of methoxy groups -OCH3 is 1. The zero-order chi connectivity index (χ0) is 19.3. The second-order valence-electron chi connectivity index (χ2n) is 6.27. The Morgan fingerprint density at radius 3 is 2.31 bits per heavy atom. The predicted molar refractivity (Wildman–Crippen MR) is 102 cm³/mol. The van der Waals surface area contributed by atoms with Gasteiger partial charge in [0.1, 0.15) is 11.8 Å². The van der Waals surface area contributed by atoms with E-state index in [9.17, 15) is 14.9 Å². The van der Waals surface area contributed by atoms with Gasteiger partial charge in [-0.25, -0.2) is 0 Å². The molecule has 0 saturated carbocycles. The van der Waals surface area contributed by atoms with Crippen molar-refractivity contribution in [2.45, 2.75) is 32.7 Å². The van der Waals surface area contributed by atoms with Gasteiger partial charge in [-0.15, -0.1) is 0 Å². The molecule has 1 amide bonds. The fourth-order valence-corrected chi connectivity index (χ4v) is 2.43. The summed E-state index contributed by atoms with van der Waals surface area (Å²) in [5.74, 6) is 0.472. The minimum atomic E-state index is -0.538. The first-order valence-corrected chi connectivity index (χ1v) is 8.31. The quantitative estimate of drug-likeness (QED) is 0.573. The molecule has 2 aromatic rings. The number of carbonyl (C=O) groups is 1. The third kappa shape index (κ3) is 4.72. The van der Waals surface area contributed by atoms with E-state index in [2.05, 4.69) is 24.5 Å². The van der Waals surface area contributed by atoms with Crippen molar-refractivity contribution in [2.24, 2.45) is 0 Å². The van der Waals surface area contributed by atoms with Gasteiger partial charge in [-0.1, -0.05) is 26.0 Å². The van der Waals surface area contributed by atoms with Crippen LogP contribution in [0.4, 0.5) is 17.1 Å². The molecule has 0 aliphatic carbocycles. The Balaban J connectivity index is 2.09. The number of nitro groups is 1. The maximum absolute atomic E-state index is 12.4. The highest BCUT2D eigenvalue weighted by molar-refractivity contribution is 5.97. The van der Waals surface area contributed by atoms with Gasteiger partial charge in [0.2, 0.25) is 5.91 Å². The molecule has 2 N–H and O–H groups in total. The van der Waals surface area contributed by atoms with Gasteiger partial charge < -0.3 is 15.4 Å². The average molecular weight is 357 g/mol. The molecule has 0 unspecified atom stereocenters. The van der Waals surface area contributed by atoms with Crippen LogP contribution < -0.4 is 15.4 Å². The number of carbonyl (C=O) groups excluding carboxylic acids is 1. The molecule has 0 aromatic heterocycles. The summed E-state index contributed by atoms with van der Waals surface area (Å²) in [6.45, 7) is 5.95. The Morgan fingerprint density at radius 1 is 1.12 bits per heavy atom. The second kappa shape index (κ2) is 8.33. The number of nitro benzene ring substituents is 1. The van der Waals surface area contributed by atoms with Crippen LogP contribution in [-0.4, -0.2) is 24.0 Å². The molecular weight excluding hydrogens is 334 g/mol. The van der Waals surface area contributed by atoms with E-state index in [0.717, 1.165) is 5.69 Å². The van der Waals surface area contributed by atoms with E-state index >= 15 is 0 Å². The molecule has 0 fully saturated rings. The zero-order valence-electron chi connectivity index (χ0n) is 15.3. The molecular formula is C19H23N3O4. The summed E-state index contributed by atoms with van der Waals surface area (Å²) < 4.78 is 5.16. The van der Waals surface area contributed by atoms with Crippen molar-refractivity contribution >= 4 is 23.0 Å². The van der Waals surface area contributed by atoms with Crippen molar-refractivity contribution in [1.29, 1.82) is 0 Å². The van der Waals surface area contributed by atoms with E-state index in [0.29, 0.717) is 11.7 Å². The molecule has 0 aliphatic rings. The van der Waals surface area contributed by atoms with E-state index in [1.807, 2.05) is 24.3 Å². The van der Waals surface area contributed by atoms with Crippen molar-refractivity contribution in [1.82, 2.24) is 0 Å². The maximum atomic E-state index is 12.4. The lowest BCUT2D eigenvalue weighted by molar-refractivity contribution is -0.384. The highest BCUT2D eigenvalue weighted by Crippen LogP contribution is 2.29. The first kappa shape index (κ1) is 19.2. The summed E-state index contributed by atoms with van der Waals surface area (Å²) in [6.07, 6.45) is 0. The van der Waals surface area contributed by atoms with Crippen LogP contribution in [0.2, 0.25) is 0 Å². The molecule has 0 saturated heterocycles. The molecule has 7 heteroatoms. The number of nitrogens with one attached hydrogen (secondary N) is 2. The lowest BCUT2D eigenvalue weighted by Gasteiger charge is -2.17. The van der Waals surface area contributed by atoms with Gasteiger partial charge in [0.25, 0.3) is 5.69 Å². The van der Waals surface area contributed by atoms with Crippen molar-refractivity contribution in [3.05, 3.63) is 58.1 Å². The number of anilines is 2.